The topological polar surface area (TPSA) is 49.8 Å². The molecule has 1 saturated heterocycles. The van der Waals surface area contributed by atoms with Gasteiger partial charge in [0.1, 0.15) is 5.75 Å². The fourth-order valence-electron chi connectivity index (χ4n) is 2.79. The highest BCUT2D eigenvalue weighted by atomic mass is 16.5. The van der Waals surface area contributed by atoms with Crippen LogP contribution in [0.1, 0.15) is 30.9 Å². The van der Waals surface area contributed by atoms with Crippen molar-refractivity contribution in [2.45, 2.75) is 39.7 Å². The second-order valence-corrected chi connectivity index (χ2v) is 6.09. The number of aryl methyl sites for hydroxylation is 2. The molecule has 1 aromatic rings. The van der Waals surface area contributed by atoms with Crippen LogP contribution in [-0.4, -0.2) is 41.7 Å². The Morgan fingerprint density at radius 2 is 2.00 bits per heavy atom. The van der Waals surface area contributed by atoms with E-state index in [2.05, 4.69) is 6.07 Å². The average Bonchev–Trinajstić information content (AvgIpc) is 2.40. The number of ether oxygens (including phenoxy) is 1. The van der Waals surface area contributed by atoms with E-state index >= 15 is 0 Å². The van der Waals surface area contributed by atoms with Crippen molar-refractivity contribution in [1.82, 2.24) is 4.90 Å². The van der Waals surface area contributed by atoms with Gasteiger partial charge in [-0.2, -0.15) is 0 Å². The van der Waals surface area contributed by atoms with E-state index in [0.29, 0.717) is 32.5 Å². The number of hydrogen-bond acceptors (Lipinski definition) is 3. The number of hydrogen-bond donors (Lipinski definition) is 1. The molecule has 0 saturated carbocycles. The first kappa shape index (κ1) is 15.8. The first-order valence-corrected chi connectivity index (χ1v) is 7.62. The van der Waals surface area contributed by atoms with Crippen molar-refractivity contribution in [1.29, 1.82) is 0 Å². The zero-order chi connectivity index (χ0) is 15.4. The zero-order valence-corrected chi connectivity index (χ0v) is 13.1. The third kappa shape index (κ3) is 4.46. The Balaban J connectivity index is 1.79. The van der Waals surface area contributed by atoms with Crippen molar-refractivity contribution >= 4 is 5.91 Å². The Bertz CT molecular complexity index is 481. The highest BCUT2D eigenvalue weighted by Gasteiger charge is 2.26. The van der Waals surface area contributed by atoms with Crippen molar-refractivity contribution in [3.05, 3.63) is 29.3 Å². The minimum absolute atomic E-state index is 0.109. The maximum absolute atomic E-state index is 12.1. The summed E-state index contributed by atoms with van der Waals surface area (Å²) in [5.74, 6) is 1.09. The molecule has 0 radical (unpaired) electrons. The van der Waals surface area contributed by atoms with Crippen LogP contribution in [0.5, 0.6) is 5.75 Å². The summed E-state index contributed by atoms with van der Waals surface area (Å²) in [7, 11) is 0. The molecule has 4 nitrogen and oxygen atoms in total. The van der Waals surface area contributed by atoms with Gasteiger partial charge in [0.05, 0.1) is 19.1 Å². The average molecular weight is 291 g/mol. The summed E-state index contributed by atoms with van der Waals surface area (Å²) in [5.41, 5.74) is 2.32. The fraction of sp³-hybridized carbons (Fsp3) is 0.588. The maximum Gasteiger partial charge on any atom is 0.226 e. The number of carbonyl (C=O) groups is 1. The van der Waals surface area contributed by atoms with Gasteiger partial charge in [-0.3, -0.25) is 4.79 Å². The van der Waals surface area contributed by atoms with Crippen LogP contribution < -0.4 is 4.74 Å². The number of piperidine rings is 1. The van der Waals surface area contributed by atoms with Crippen molar-refractivity contribution < 1.29 is 14.6 Å². The van der Waals surface area contributed by atoms with Crippen LogP contribution >= 0.6 is 0 Å². The van der Waals surface area contributed by atoms with E-state index < -0.39 is 0 Å². The van der Waals surface area contributed by atoms with E-state index in [1.54, 1.807) is 0 Å². The van der Waals surface area contributed by atoms with Gasteiger partial charge in [0.2, 0.25) is 5.91 Å². The summed E-state index contributed by atoms with van der Waals surface area (Å²) in [6, 6.07) is 6.06. The molecule has 0 bridgehead atoms. The van der Waals surface area contributed by atoms with Crippen LogP contribution in [-0.2, 0) is 4.79 Å². The molecule has 2 rings (SSSR count). The van der Waals surface area contributed by atoms with Crippen LogP contribution in [0.3, 0.4) is 0 Å². The summed E-state index contributed by atoms with van der Waals surface area (Å²) in [6.45, 7) is 7.74. The van der Waals surface area contributed by atoms with Gasteiger partial charge >= 0.3 is 0 Å². The summed E-state index contributed by atoms with van der Waals surface area (Å²) >= 11 is 0. The van der Waals surface area contributed by atoms with Crippen molar-refractivity contribution in [2.75, 3.05) is 19.7 Å². The van der Waals surface area contributed by atoms with E-state index in [9.17, 15) is 9.90 Å². The Morgan fingerprint density at radius 1 is 1.33 bits per heavy atom. The lowest BCUT2D eigenvalue weighted by atomic mass is 9.96. The molecule has 4 heteroatoms. The van der Waals surface area contributed by atoms with Crippen molar-refractivity contribution in [2.24, 2.45) is 5.92 Å². The molecule has 1 aliphatic heterocycles. The molecule has 1 fully saturated rings. The lowest BCUT2D eigenvalue weighted by molar-refractivity contribution is -0.135. The van der Waals surface area contributed by atoms with Gasteiger partial charge in [0.15, 0.2) is 0 Å². The molecule has 116 valence electrons. The Hall–Kier alpha value is -1.55. The predicted molar refractivity (Wildman–Crippen MR) is 82.4 cm³/mol. The fourth-order valence-corrected chi connectivity index (χ4v) is 2.79. The van der Waals surface area contributed by atoms with E-state index in [4.69, 9.17) is 4.74 Å². The maximum atomic E-state index is 12.1. The van der Waals surface area contributed by atoms with Crippen LogP contribution in [0, 0.1) is 19.8 Å². The molecule has 21 heavy (non-hydrogen) atoms. The molecule has 1 aliphatic rings. The van der Waals surface area contributed by atoms with E-state index in [0.717, 1.165) is 16.9 Å². The third-order valence-electron chi connectivity index (χ3n) is 3.99. The SMILES string of the molecule is Cc1cc(C)cc(OCCC(=O)N2CCC(O)C(C)C2)c1. The van der Waals surface area contributed by atoms with Crippen molar-refractivity contribution in [3.8, 4) is 5.75 Å². The van der Waals surface area contributed by atoms with Gasteiger partial charge in [-0.25, -0.2) is 0 Å². The normalized spacial score (nSPS) is 22.2. The third-order valence-corrected chi connectivity index (χ3v) is 3.99. The minimum atomic E-state index is -0.277. The first-order chi connectivity index (χ1) is 9.95. The largest absolute Gasteiger partial charge is 0.493 e. The lowest BCUT2D eigenvalue weighted by Gasteiger charge is -2.34. The van der Waals surface area contributed by atoms with Crippen LogP contribution in [0.4, 0.5) is 0 Å². The van der Waals surface area contributed by atoms with Gasteiger partial charge in [-0.1, -0.05) is 13.0 Å². The highest BCUT2D eigenvalue weighted by molar-refractivity contribution is 5.76. The molecule has 1 N–H and O–H groups in total. The smallest absolute Gasteiger partial charge is 0.226 e. The Kier molecular flexibility index (Phi) is 5.23. The second kappa shape index (κ2) is 6.94. The predicted octanol–water partition coefficient (Wildman–Crippen LogP) is 2.30. The molecular formula is C17H25NO3. The van der Waals surface area contributed by atoms with Gasteiger partial charge in [0, 0.05) is 13.1 Å². The summed E-state index contributed by atoms with van der Waals surface area (Å²) < 4.78 is 5.68. The summed E-state index contributed by atoms with van der Waals surface area (Å²) in [6.07, 6.45) is 0.779. The molecule has 2 atom stereocenters. The summed E-state index contributed by atoms with van der Waals surface area (Å²) in [5, 5.41) is 9.69. The number of rotatable bonds is 4. The molecule has 1 heterocycles. The second-order valence-electron chi connectivity index (χ2n) is 6.09. The number of aliphatic hydroxyl groups is 1. The molecule has 2 unspecified atom stereocenters. The molecule has 0 spiro atoms. The number of nitrogens with zero attached hydrogens (tertiary/aromatic N) is 1. The van der Waals surface area contributed by atoms with E-state index in [1.165, 1.54) is 0 Å². The monoisotopic (exact) mass is 291 g/mol. The standard InChI is InChI=1S/C17H25NO3/c1-12-8-13(2)10-15(9-12)21-7-5-17(20)18-6-4-16(19)14(3)11-18/h8-10,14,16,19H,4-7,11H2,1-3H3. The van der Waals surface area contributed by atoms with Crippen LogP contribution in [0.2, 0.25) is 0 Å². The Morgan fingerprint density at radius 3 is 2.62 bits per heavy atom. The molecular weight excluding hydrogens is 266 g/mol. The zero-order valence-electron chi connectivity index (χ0n) is 13.1. The molecule has 1 aromatic carbocycles. The molecule has 0 aromatic heterocycles. The van der Waals surface area contributed by atoms with Crippen molar-refractivity contribution in [3.63, 3.8) is 0 Å². The molecule has 0 aliphatic carbocycles. The van der Waals surface area contributed by atoms with Gasteiger partial charge in [-0.05, 0) is 49.4 Å². The van der Waals surface area contributed by atoms with Gasteiger partial charge in [0.25, 0.3) is 0 Å². The number of amides is 1. The van der Waals surface area contributed by atoms with Crippen LogP contribution in [0.25, 0.3) is 0 Å². The molecule has 1 amide bonds. The lowest BCUT2D eigenvalue weighted by Crippen LogP contribution is -2.45. The van der Waals surface area contributed by atoms with E-state index in [1.807, 2.05) is 37.8 Å². The minimum Gasteiger partial charge on any atom is -0.493 e. The number of benzene rings is 1. The van der Waals surface area contributed by atoms with E-state index in [-0.39, 0.29) is 17.9 Å². The quantitative estimate of drug-likeness (QED) is 0.926. The first-order valence-electron chi connectivity index (χ1n) is 7.62. The van der Waals surface area contributed by atoms with Crippen LogP contribution in [0.15, 0.2) is 18.2 Å². The number of likely N-dealkylation sites (tertiary alicyclic amines) is 1. The van der Waals surface area contributed by atoms with Gasteiger partial charge in [-0.15, -0.1) is 0 Å². The Labute approximate surface area is 126 Å². The highest BCUT2D eigenvalue weighted by Crippen LogP contribution is 2.18. The number of aliphatic hydroxyl groups excluding tert-OH is 1. The summed E-state index contributed by atoms with van der Waals surface area (Å²) in [4.78, 5) is 14.0. The van der Waals surface area contributed by atoms with Gasteiger partial charge < -0.3 is 14.7 Å². The number of carbonyl (C=O) groups excluding carboxylic acids is 1.